The van der Waals surface area contributed by atoms with E-state index in [-0.39, 0.29) is 24.4 Å². The van der Waals surface area contributed by atoms with Crippen LogP contribution in [0, 0.1) is 6.92 Å². The van der Waals surface area contributed by atoms with Crippen LogP contribution < -0.4 is 15.6 Å². The summed E-state index contributed by atoms with van der Waals surface area (Å²) in [6.07, 6.45) is 0.175. The largest absolute Gasteiger partial charge is 0.497 e. The lowest BCUT2D eigenvalue weighted by Crippen LogP contribution is -2.28. The van der Waals surface area contributed by atoms with Crippen LogP contribution in [0.1, 0.15) is 17.5 Å². The van der Waals surface area contributed by atoms with Crippen LogP contribution in [-0.4, -0.2) is 22.8 Å². The molecule has 0 unspecified atom stereocenters. The molecule has 28 heavy (non-hydrogen) atoms. The zero-order valence-corrected chi connectivity index (χ0v) is 16.0. The third kappa shape index (κ3) is 5.07. The van der Waals surface area contributed by atoms with Crippen LogP contribution in [-0.2, 0) is 17.9 Å². The van der Waals surface area contributed by atoms with Crippen molar-refractivity contribution in [3.63, 3.8) is 0 Å². The molecule has 0 fully saturated rings. The molecule has 0 aliphatic rings. The maximum atomic E-state index is 12.2. The maximum absolute atomic E-state index is 12.2. The van der Waals surface area contributed by atoms with E-state index in [4.69, 9.17) is 4.74 Å². The van der Waals surface area contributed by atoms with Gasteiger partial charge >= 0.3 is 0 Å². The van der Waals surface area contributed by atoms with E-state index in [1.807, 2.05) is 55.5 Å². The molecule has 1 amide bonds. The molecule has 0 saturated heterocycles. The summed E-state index contributed by atoms with van der Waals surface area (Å²) in [7, 11) is 1.60. The average Bonchev–Trinajstić information content (AvgIpc) is 2.72. The van der Waals surface area contributed by atoms with Gasteiger partial charge in [-0.05, 0) is 30.7 Å². The number of hydrogen-bond acceptors (Lipinski definition) is 4. The van der Waals surface area contributed by atoms with E-state index in [0.29, 0.717) is 12.2 Å². The maximum Gasteiger partial charge on any atom is 0.266 e. The smallest absolute Gasteiger partial charge is 0.266 e. The number of amides is 1. The number of methoxy groups -OCH3 is 1. The molecule has 0 spiro atoms. The predicted octanol–water partition coefficient (Wildman–Crippen LogP) is 2.93. The Labute approximate surface area is 163 Å². The fourth-order valence-electron chi connectivity index (χ4n) is 2.77. The minimum Gasteiger partial charge on any atom is -0.497 e. The van der Waals surface area contributed by atoms with Gasteiger partial charge < -0.3 is 10.1 Å². The summed E-state index contributed by atoms with van der Waals surface area (Å²) in [5, 5.41) is 7.25. The highest BCUT2D eigenvalue weighted by atomic mass is 16.5. The van der Waals surface area contributed by atoms with Gasteiger partial charge in [-0.3, -0.25) is 9.59 Å². The molecule has 3 aromatic rings. The summed E-state index contributed by atoms with van der Waals surface area (Å²) in [6, 6.07) is 18.6. The number of hydrogen-bond donors (Lipinski definition) is 1. The standard InChI is InChI=1S/C22H23N3O3/c1-16-6-8-18(9-7-16)20-10-11-22(27)25(24-20)13-12-21(26)23-15-17-4-3-5-19(14-17)28-2/h3-11,14H,12-13,15H2,1-2H3,(H,23,26). The number of nitrogens with zero attached hydrogens (tertiary/aromatic N) is 2. The van der Waals surface area contributed by atoms with Crippen molar-refractivity contribution in [3.05, 3.63) is 82.1 Å². The Morgan fingerprint density at radius 2 is 1.89 bits per heavy atom. The van der Waals surface area contributed by atoms with Crippen molar-refractivity contribution in [1.82, 2.24) is 15.1 Å². The van der Waals surface area contributed by atoms with Gasteiger partial charge in [0.05, 0.1) is 19.3 Å². The molecule has 3 rings (SSSR count). The van der Waals surface area contributed by atoms with Gasteiger partial charge in [-0.15, -0.1) is 0 Å². The van der Waals surface area contributed by atoms with Gasteiger partial charge in [0.15, 0.2) is 0 Å². The minimum atomic E-state index is -0.226. The first-order valence-corrected chi connectivity index (χ1v) is 9.10. The molecule has 0 aliphatic heterocycles. The van der Waals surface area contributed by atoms with Gasteiger partial charge in [0, 0.05) is 24.6 Å². The summed E-state index contributed by atoms with van der Waals surface area (Å²) in [5.74, 6) is 0.604. The number of ether oxygens (including phenoxy) is 1. The second kappa shape index (κ2) is 8.99. The molecule has 0 atom stereocenters. The van der Waals surface area contributed by atoms with E-state index in [9.17, 15) is 9.59 Å². The topological polar surface area (TPSA) is 73.2 Å². The van der Waals surface area contributed by atoms with Crippen LogP contribution in [0.4, 0.5) is 0 Å². The van der Waals surface area contributed by atoms with Gasteiger partial charge in [0.1, 0.15) is 5.75 Å². The van der Waals surface area contributed by atoms with Crippen molar-refractivity contribution >= 4 is 5.91 Å². The SMILES string of the molecule is COc1cccc(CNC(=O)CCn2nc(-c3ccc(C)cc3)ccc2=O)c1. The summed E-state index contributed by atoms with van der Waals surface area (Å²) < 4.78 is 6.51. The molecule has 0 saturated carbocycles. The number of aryl methyl sites for hydroxylation is 2. The van der Waals surface area contributed by atoms with Gasteiger partial charge in [-0.2, -0.15) is 5.10 Å². The molecular weight excluding hydrogens is 354 g/mol. The van der Waals surface area contributed by atoms with Gasteiger partial charge in [-0.1, -0.05) is 42.0 Å². The lowest BCUT2D eigenvalue weighted by atomic mass is 10.1. The fraction of sp³-hybridized carbons (Fsp3) is 0.227. The first-order valence-electron chi connectivity index (χ1n) is 9.10. The zero-order valence-electron chi connectivity index (χ0n) is 16.0. The quantitative estimate of drug-likeness (QED) is 0.687. The molecule has 6 nitrogen and oxygen atoms in total. The number of aromatic nitrogens is 2. The lowest BCUT2D eigenvalue weighted by Gasteiger charge is -2.09. The van der Waals surface area contributed by atoms with E-state index in [1.165, 1.54) is 10.7 Å². The van der Waals surface area contributed by atoms with Crippen molar-refractivity contribution in [3.8, 4) is 17.0 Å². The minimum absolute atomic E-state index is 0.141. The Hall–Kier alpha value is -3.41. The Balaban J connectivity index is 1.60. The highest BCUT2D eigenvalue weighted by molar-refractivity contribution is 5.75. The number of benzene rings is 2. The summed E-state index contributed by atoms with van der Waals surface area (Å²) >= 11 is 0. The van der Waals surface area contributed by atoms with Crippen LogP contribution in [0.2, 0.25) is 0 Å². The molecule has 1 heterocycles. The highest BCUT2D eigenvalue weighted by Crippen LogP contribution is 2.16. The molecule has 144 valence electrons. The average molecular weight is 377 g/mol. The predicted molar refractivity (Wildman–Crippen MR) is 108 cm³/mol. The van der Waals surface area contributed by atoms with Gasteiger partial charge in [0.25, 0.3) is 5.56 Å². The third-order valence-electron chi connectivity index (χ3n) is 4.39. The monoisotopic (exact) mass is 377 g/mol. The number of nitrogens with one attached hydrogen (secondary N) is 1. The van der Waals surface area contributed by atoms with Crippen LogP contribution in [0.25, 0.3) is 11.3 Å². The van der Waals surface area contributed by atoms with Crippen LogP contribution in [0.3, 0.4) is 0 Å². The van der Waals surface area contributed by atoms with Crippen molar-refractivity contribution in [2.45, 2.75) is 26.4 Å². The van der Waals surface area contributed by atoms with Crippen LogP contribution in [0.15, 0.2) is 65.5 Å². The molecule has 6 heteroatoms. The van der Waals surface area contributed by atoms with E-state index in [1.54, 1.807) is 13.2 Å². The van der Waals surface area contributed by atoms with E-state index >= 15 is 0 Å². The Bertz CT molecular complexity index is 1010. The normalized spacial score (nSPS) is 10.5. The van der Waals surface area contributed by atoms with Gasteiger partial charge in [-0.25, -0.2) is 4.68 Å². The van der Waals surface area contributed by atoms with Crippen LogP contribution in [0.5, 0.6) is 5.75 Å². The lowest BCUT2D eigenvalue weighted by molar-refractivity contribution is -0.121. The van der Waals surface area contributed by atoms with E-state index in [0.717, 1.165) is 22.4 Å². The Morgan fingerprint density at radius 1 is 1.11 bits per heavy atom. The van der Waals surface area contributed by atoms with E-state index in [2.05, 4.69) is 10.4 Å². The summed E-state index contributed by atoms with van der Waals surface area (Å²) in [5.41, 5.74) is 3.52. The van der Waals surface area contributed by atoms with Crippen LogP contribution >= 0.6 is 0 Å². The van der Waals surface area contributed by atoms with Crippen molar-refractivity contribution in [2.75, 3.05) is 7.11 Å². The fourth-order valence-corrected chi connectivity index (χ4v) is 2.77. The molecule has 0 radical (unpaired) electrons. The Kier molecular flexibility index (Phi) is 6.22. The first-order chi connectivity index (χ1) is 13.5. The molecule has 1 aromatic heterocycles. The number of rotatable bonds is 7. The highest BCUT2D eigenvalue weighted by Gasteiger charge is 2.07. The summed E-state index contributed by atoms with van der Waals surface area (Å²) in [4.78, 5) is 24.2. The molecular formula is C22H23N3O3. The third-order valence-corrected chi connectivity index (χ3v) is 4.39. The summed E-state index contributed by atoms with van der Waals surface area (Å²) in [6.45, 7) is 2.65. The second-order valence-corrected chi connectivity index (χ2v) is 6.52. The van der Waals surface area contributed by atoms with Crippen molar-refractivity contribution < 1.29 is 9.53 Å². The molecule has 1 N–H and O–H groups in total. The van der Waals surface area contributed by atoms with E-state index < -0.39 is 0 Å². The molecule has 2 aromatic carbocycles. The number of carbonyl (C=O) groups excluding carboxylic acids is 1. The number of carbonyl (C=O) groups is 1. The molecule has 0 aliphatic carbocycles. The van der Waals surface area contributed by atoms with Crippen molar-refractivity contribution in [1.29, 1.82) is 0 Å². The van der Waals surface area contributed by atoms with Crippen molar-refractivity contribution in [2.24, 2.45) is 0 Å². The first kappa shape index (κ1) is 19.4. The second-order valence-electron chi connectivity index (χ2n) is 6.52. The van der Waals surface area contributed by atoms with Gasteiger partial charge in [0.2, 0.25) is 5.91 Å². The zero-order chi connectivity index (χ0) is 19.9. The Morgan fingerprint density at radius 3 is 2.64 bits per heavy atom. The molecule has 0 bridgehead atoms.